The van der Waals surface area contributed by atoms with Crippen molar-refractivity contribution in [2.75, 3.05) is 7.05 Å². The predicted octanol–water partition coefficient (Wildman–Crippen LogP) is 5.52. The topological polar surface area (TPSA) is 12.0 Å². The first-order valence-electron chi connectivity index (χ1n) is 5.66. The summed E-state index contributed by atoms with van der Waals surface area (Å²) >= 11 is 19.9. The quantitative estimate of drug-likeness (QED) is 0.791. The fourth-order valence-electron chi connectivity index (χ4n) is 1.61. The second-order valence-corrected chi connectivity index (χ2v) is 6.33. The van der Waals surface area contributed by atoms with Gasteiger partial charge in [-0.2, -0.15) is 0 Å². The smallest absolute Gasteiger partial charge is 0.0546 e. The Hall–Kier alpha value is -0.380. The summed E-state index contributed by atoms with van der Waals surface area (Å²) in [5, 5.41) is 5.18. The molecule has 1 nitrogen and oxygen atoms in total. The number of hydrogen-bond donors (Lipinski definition) is 1. The Morgan fingerprint density at radius 1 is 1.00 bits per heavy atom. The first-order valence-corrected chi connectivity index (χ1v) is 7.61. The summed E-state index contributed by atoms with van der Waals surface area (Å²) in [4.78, 5) is 1.96. The Labute approximate surface area is 132 Å². The van der Waals surface area contributed by atoms with Crippen molar-refractivity contribution < 1.29 is 0 Å². The minimum absolute atomic E-state index is 0.671. The standard InChI is InChI=1S/C14H12Cl3NS/c1-18-8-9-2-4-11(7-13(9)17)19-14-6-10(15)3-5-12(14)16/h2-7,18H,8H2,1H3. The van der Waals surface area contributed by atoms with E-state index in [4.69, 9.17) is 34.8 Å². The van der Waals surface area contributed by atoms with Gasteiger partial charge in [-0.15, -0.1) is 0 Å². The molecule has 0 saturated heterocycles. The fourth-order valence-corrected chi connectivity index (χ4v) is 3.31. The maximum absolute atomic E-state index is 6.23. The van der Waals surface area contributed by atoms with E-state index in [0.717, 1.165) is 26.9 Å². The minimum atomic E-state index is 0.671. The average molecular weight is 333 g/mol. The lowest BCUT2D eigenvalue weighted by Gasteiger charge is -2.08. The Bertz CT molecular complexity index is 587. The van der Waals surface area contributed by atoms with Crippen molar-refractivity contribution in [3.05, 3.63) is 57.0 Å². The summed E-state index contributed by atoms with van der Waals surface area (Å²) in [6, 6.07) is 11.4. The highest BCUT2D eigenvalue weighted by Crippen LogP contribution is 2.36. The van der Waals surface area contributed by atoms with E-state index in [9.17, 15) is 0 Å². The zero-order valence-electron chi connectivity index (χ0n) is 10.2. The molecule has 0 unspecified atom stereocenters. The first kappa shape index (κ1) is 15.0. The van der Waals surface area contributed by atoms with Gasteiger partial charge in [0, 0.05) is 26.4 Å². The van der Waals surface area contributed by atoms with E-state index >= 15 is 0 Å². The Kier molecular flexibility index (Phi) is 5.43. The summed E-state index contributed by atoms with van der Waals surface area (Å²) in [5.74, 6) is 0. The number of hydrogen-bond acceptors (Lipinski definition) is 2. The van der Waals surface area contributed by atoms with Crippen molar-refractivity contribution in [3.63, 3.8) is 0 Å². The van der Waals surface area contributed by atoms with E-state index in [2.05, 4.69) is 5.32 Å². The van der Waals surface area contributed by atoms with Gasteiger partial charge in [0.1, 0.15) is 0 Å². The molecule has 100 valence electrons. The van der Waals surface area contributed by atoms with Gasteiger partial charge >= 0.3 is 0 Å². The molecule has 0 aliphatic rings. The highest BCUT2D eigenvalue weighted by molar-refractivity contribution is 7.99. The van der Waals surface area contributed by atoms with Gasteiger partial charge in [-0.1, -0.05) is 52.6 Å². The SMILES string of the molecule is CNCc1ccc(Sc2cc(Cl)ccc2Cl)cc1Cl. The van der Waals surface area contributed by atoms with Gasteiger partial charge in [0.05, 0.1) is 5.02 Å². The lowest BCUT2D eigenvalue weighted by molar-refractivity contribution is 0.817. The zero-order chi connectivity index (χ0) is 13.8. The molecule has 0 saturated carbocycles. The van der Waals surface area contributed by atoms with Gasteiger partial charge in [0.25, 0.3) is 0 Å². The summed E-state index contributed by atoms with van der Waals surface area (Å²) in [5.41, 5.74) is 1.07. The van der Waals surface area contributed by atoms with Crippen molar-refractivity contribution in [1.29, 1.82) is 0 Å². The summed E-state index contributed by atoms with van der Waals surface area (Å²) in [7, 11) is 1.89. The average Bonchev–Trinajstić information content (AvgIpc) is 2.37. The molecule has 2 rings (SSSR count). The van der Waals surface area contributed by atoms with Crippen molar-refractivity contribution in [3.8, 4) is 0 Å². The molecule has 0 aromatic heterocycles. The number of halogens is 3. The molecule has 0 heterocycles. The number of nitrogens with one attached hydrogen (secondary N) is 1. The van der Waals surface area contributed by atoms with Crippen LogP contribution in [0.2, 0.25) is 15.1 Å². The monoisotopic (exact) mass is 331 g/mol. The van der Waals surface area contributed by atoms with E-state index in [1.165, 1.54) is 0 Å². The predicted molar refractivity (Wildman–Crippen MR) is 84.8 cm³/mol. The highest BCUT2D eigenvalue weighted by atomic mass is 35.5. The summed E-state index contributed by atoms with van der Waals surface area (Å²) in [6.07, 6.45) is 0. The van der Waals surface area contributed by atoms with E-state index in [-0.39, 0.29) is 0 Å². The second kappa shape index (κ2) is 6.87. The molecule has 0 radical (unpaired) electrons. The van der Waals surface area contributed by atoms with Crippen LogP contribution < -0.4 is 5.32 Å². The first-order chi connectivity index (χ1) is 9.10. The third-order valence-corrected chi connectivity index (χ3v) is 4.59. The molecule has 0 aliphatic heterocycles. The van der Waals surface area contributed by atoms with Gasteiger partial charge in [0.15, 0.2) is 0 Å². The maximum atomic E-state index is 6.23. The molecule has 0 spiro atoms. The normalized spacial score (nSPS) is 10.7. The third-order valence-electron chi connectivity index (χ3n) is 2.51. The van der Waals surface area contributed by atoms with Crippen LogP contribution in [0.4, 0.5) is 0 Å². The van der Waals surface area contributed by atoms with Crippen molar-refractivity contribution in [1.82, 2.24) is 5.32 Å². The van der Waals surface area contributed by atoms with Gasteiger partial charge < -0.3 is 5.32 Å². The molecule has 5 heteroatoms. The highest BCUT2D eigenvalue weighted by Gasteiger charge is 2.06. The molecule has 0 atom stereocenters. The number of rotatable bonds is 4. The Balaban J connectivity index is 2.24. The van der Waals surface area contributed by atoms with Gasteiger partial charge in [-0.25, -0.2) is 0 Å². The zero-order valence-corrected chi connectivity index (χ0v) is 13.3. The second-order valence-electron chi connectivity index (χ2n) is 3.96. The van der Waals surface area contributed by atoms with Gasteiger partial charge in [-0.05, 0) is 42.9 Å². The largest absolute Gasteiger partial charge is 0.316 e. The van der Waals surface area contributed by atoms with E-state index in [0.29, 0.717) is 10.0 Å². The molecular formula is C14H12Cl3NS. The minimum Gasteiger partial charge on any atom is -0.316 e. The van der Waals surface area contributed by atoms with E-state index < -0.39 is 0 Å². The van der Waals surface area contributed by atoms with Crippen LogP contribution in [0.5, 0.6) is 0 Å². The lowest BCUT2D eigenvalue weighted by atomic mass is 10.2. The van der Waals surface area contributed by atoms with Crippen molar-refractivity contribution in [2.24, 2.45) is 0 Å². The molecule has 0 bridgehead atoms. The van der Waals surface area contributed by atoms with Crippen LogP contribution >= 0.6 is 46.6 Å². The Morgan fingerprint density at radius 2 is 1.79 bits per heavy atom. The molecule has 2 aromatic rings. The number of benzene rings is 2. The van der Waals surface area contributed by atoms with Crippen LogP contribution in [-0.2, 0) is 6.54 Å². The van der Waals surface area contributed by atoms with Gasteiger partial charge in [0.2, 0.25) is 0 Å². The van der Waals surface area contributed by atoms with Crippen LogP contribution in [0.25, 0.3) is 0 Å². The lowest BCUT2D eigenvalue weighted by Crippen LogP contribution is -2.05. The Morgan fingerprint density at radius 3 is 2.47 bits per heavy atom. The third kappa shape index (κ3) is 4.04. The maximum Gasteiger partial charge on any atom is 0.0546 e. The summed E-state index contributed by atoms with van der Waals surface area (Å²) in [6.45, 7) is 0.752. The fraction of sp³-hybridized carbons (Fsp3) is 0.143. The molecule has 1 N–H and O–H groups in total. The van der Waals surface area contributed by atoms with Crippen molar-refractivity contribution >= 4 is 46.6 Å². The van der Waals surface area contributed by atoms with Crippen LogP contribution in [0.3, 0.4) is 0 Å². The van der Waals surface area contributed by atoms with Crippen LogP contribution in [0, 0.1) is 0 Å². The molecular weight excluding hydrogens is 321 g/mol. The molecule has 2 aromatic carbocycles. The summed E-state index contributed by atoms with van der Waals surface area (Å²) < 4.78 is 0. The van der Waals surface area contributed by atoms with Crippen molar-refractivity contribution in [2.45, 2.75) is 16.3 Å². The van der Waals surface area contributed by atoms with Crippen LogP contribution in [0.15, 0.2) is 46.2 Å². The van der Waals surface area contributed by atoms with Crippen LogP contribution in [0.1, 0.15) is 5.56 Å². The van der Waals surface area contributed by atoms with Crippen LogP contribution in [-0.4, -0.2) is 7.05 Å². The molecule has 0 fully saturated rings. The van der Waals surface area contributed by atoms with E-state index in [1.54, 1.807) is 23.9 Å². The molecule has 0 amide bonds. The van der Waals surface area contributed by atoms with E-state index in [1.807, 2.05) is 31.3 Å². The molecule has 19 heavy (non-hydrogen) atoms. The van der Waals surface area contributed by atoms with Gasteiger partial charge in [-0.3, -0.25) is 0 Å². The molecule has 0 aliphatic carbocycles.